The maximum Gasteiger partial charge on any atom is 0.252 e. The first-order valence-corrected chi connectivity index (χ1v) is 6.14. The minimum atomic E-state index is -0.767. The van der Waals surface area contributed by atoms with Gasteiger partial charge in [0.15, 0.2) is 0 Å². The normalized spacial score (nSPS) is 17.1. The van der Waals surface area contributed by atoms with E-state index in [2.05, 4.69) is 5.32 Å². The molecule has 0 atom stereocenters. The Morgan fingerprint density at radius 2 is 2.06 bits per heavy atom. The molecule has 0 aliphatic heterocycles. The molecule has 2 N–H and O–H groups in total. The van der Waals surface area contributed by atoms with Crippen LogP contribution in [0.2, 0.25) is 0 Å². The van der Waals surface area contributed by atoms with Gasteiger partial charge in [-0.1, -0.05) is 25.0 Å². The third kappa shape index (κ3) is 2.69. The average molecular weight is 244 g/mol. The summed E-state index contributed by atoms with van der Waals surface area (Å²) < 4.78 is 0. The van der Waals surface area contributed by atoms with Crippen LogP contribution in [0.1, 0.15) is 41.6 Å². The van der Waals surface area contributed by atoms with Gasteiger partial charge in [0, 0.05) is 6.54 Å². The number of amides is 1. The first-order chi connectivity index (χ1) is 8.64. The van der Waals surface area contributed by atoms with Crippen molar-refractivity contribution in [1.29, 1.82) is 5.26 Å². The fraction of sp³-hybridized carbons (Fsp3) is 0.429. The highest BCUT2D eigenvalue weighted by atomic mass is 16.3. The number of rotatable bonds is 3. The fourth-order valence-corrected chi connectivity index (χ4v) is 2.33. The van der Waals surface area contributed by atoms with E-state index >= 15 is 0 Å². The summed E-state index contributed by atoms with van der Waals surface area (Å²) in [6.45, 7) is 0.256. The lowest BCUT2D eigenvalue weighted by Crippen LogP contribution is -2.40. The first-order valence-electron chi connectivity index (χ1n) is 6.14. The van der Waals surface area contributed by atoms with E-state index in [1.54, 1.807) is 24.3 Å². The van der Waals surface area contributed by atoms with Crippen molar-refractivity contribution in [2.24, 2.45) is 0 Å². The summed E-state index contributed by atoms with van der Waals surface area (Å²) in [6, 6.07) is 8.66. The van der Waals surface area contributed by atoms with Crippen LogP contribution >= 0.6 is 0 Å². The van der Waals surface area contributed by atoms with Crippen molar-refractivity contribution in [2.75, 3.05) is 6.54 Å². The van der Waals surface area contributed by atoms with Crippen molar-refractivity contribution < 1.29 is 9.90 Å². The standard InChI is InChI=1S/C14H16N2O2/c15-9-11-5-1-2-6-12(11)13(17)16-10-14(18)7-3-4-8-14/h1-2,5-6,18H,3-4,7-8,10H2,(H,16,17). The minimum absolute atomic E-state index is 0.256. The van der Waals surface area contributed by atoms with E-state index in [9.17, 15) is 9.90 Å². The lowest BCUT2D eigenvalue weighted by atomic mass is 10.0. The van der Waals surface area contributed by atoms with E-state index in [4.69, 9.17) is 5.26 Å². The summed E-state index contributed by atoms with van der Waals surface area (Å²) in [5.74, 6) is -0.299. The van der Waals surface area contributed by atoms with Gasteiger partial charge in [-0.05, 0) is 25.0 Å². The van der Waals surface area contributed by atoms with Crippen LogP contribution in [-0.2, 0) is 0 Å². The molecule has 1 amide bonds. The molecule has 1 fully saturated rings. The zero-order chi connectivity index (χ0) is 13.0. The molecule has 2 rings (SSSR count). The zero-order valence-electron chi connectivity index (χ0n) is 10.1. The smallest absolute Gasteiger partial charge is 0.252 e. The molecule has 0 heterocycles. The molecule has 1 aliphatic rings. The topological polar surface area (TPSA) is 73.1 Å². The predicted molar refractivity (Wildman–Crippen MR) is 66.9 cm³/mol. The maximum absolute atomic E-state index is 11.9. The molecule has 0 radical (unpaired) electrons. The molecule has 4 heteroatoms. The van der Waals surface area contributed by atoms with Crippen molar-refractivity contribution in [3.8, 4) is 6.07 Å². The van der Waals surface area contributed by atoms with Gasteiger partial charge >= 0.3 is 0 Å². The highest BCUT2D eigenvalue weighted by Crippen LogP contribution is 2.28. The molecule has 1 aliphatic carbocycles. The molecule has 4 nitrogen and oxygen atoms in total. The average Bonchev–Trinajstić information content (AvgIpc) is 2.83. The number of carbonyl (C=O) groups excluding carboxylic acids is 1. The van der Waals surface area contributed by atoms with Crippen molar-refractivity contribution in [3.05, 3.63) is 35.4 Å². The van der Waals surface area contributed by atoms with Crippen LogP contribution < -0.4 is 5.32 Å². The number of nitriles is 1. The van der Waals surface area contributed by atoms with Crippen molar-refractivity contribution >= 4 is 5.91 Å². The number of nitrogens with one attached hydrogen (secondary N) is 1. The van der Waals surface area contributed by atoms with Gasteiger partial charge in [-0.3, -0.25) is 4.79 Å². The van der Waals surface area contributed by atoms with E-state index in [1.807, 2.05) is 6.07 Å². The summed E-state index contributed by atoms with van der Waals surface area (Å²) in [6.07, 6.45) is 3.46. The van der Waals surface area contributed by atoms with Crippen LogP contribution in [0, 0.1) is 11.3 Å². The number of hydrogen-bond acceptors (Lipinski definition) is 3. The van der Waals surface area contributed by atoms with Gasteiger partial charge in [0.25, 0.3) is 5.91 Å². The van der Waals surface area contributed by atoms with Crippen LogP contribution in [0.3, 0.4) is 0 Å². The van der Waals surface area contributed by atoms with Crippen LogP contribution in [0.15, 0.2) is 24.3 Å². The molecule has 1 aromatic carbocycles. The van der Waals surface area contributed by atoms with E-state index in [0.717, 1.165) is 25.7 Å². The third-order valence-electron chi connectivity index (χ3n) is 3.40. The second kappa shape index (κ2) is 5.19. The van der Waals surface area contributed by atoms with E-state index in [-0.39, 0.29) is 12.5 Å². The number of hydrogen-bond donors (Lipinski definition) is 2. The number of benzene rings is 1. The van der Waals surface area contributed by atoms with E-state index in [1.165, 1.54) is 0 Å². The van der Waals surface area contributed by atoms with Gasteiger partial charge in [-0.2, -0.15) is 5.26 Å². The molecule has 94 valence electrons. The SMILES string of the molecule is N#Cc1ccccc1C(=O)NCC1(O)CCCC1. The molecule has 0 bridgehead atoms. The fourth-order valence-electron chi connectivity index (χ4n) is 2.33. The summed E-state index contributed by atoms with van der Waals surface area (Å²) >= 11 is 0. The highest BCUT2D eigenvalue weighted by Gasteiger charge is 2.31. The molecule has 18 heavy (non-hydrogen) atoms. The van der Waals surface area contributed by atoms with Gasteiger partial charge in [0.05, 0.1) is 22.8 Å². The van der Waals surface area contributed by atoms with Crippen LogP contribution in [0.5, 0.6) is 0 Å². The molecule has 0 aromatic heterocycles. The number of aliphatic hydroxyl groups is 1. The van der Waals surface area contributed by atoms with Gasteiger partial charge in [-0.25, -0.2) is 0 Å². The highest BCUT2D eigenvalue weighted by molar-refractivity contribution is 5.96. The number of nitrogens with zero attached hydrogens (tertiary/aromatic N) is 1. The van der Waals surface area contributed by atoms with Crippen LogP contribution in [0.25, 0.3) is 0 Å². The Morgan fingerprint density at radius 1 is 1.39 bits per heavy atom. The molecular weight excluding hydrogens is 228 g/mol. The van der Waals surface area contributed by atoms with Crippen LogP contribution in [-0.4, -0.2) is 23.2 Å². The molecule has 1 aromatic rings. The Hall–Kier alpha value is -1.86. The van der Waals surface area contributed by atoms with E-state index < -0.39 is 5.60 Å². The quantitative estimate of drug-likeness (QED) is 0.848. The van der Waals surface area contributed by atoms with Crippen molar-refractivity contribution in [1.82, 2.24) is 5.32 Å². The second-order valence-electron chi connectivity index (χ2n) is 4.77. The minimum Gasteiger partial charge on any atom is -0.388 e. The maximum atomic E-state index is 11.9. The molecule has 1 saturated carbocycles. The molecule has 0 spiro atoms. The lowest BCUT2D eigenvalue weighted by Gasteiger charge is -2.22. The molecule has 0 saturated heterocycles. The third-order valence-corrected chi connectivity index (χ3v) is 3.40. The summed E-state index contributed by atoms with van der Waals surface area (Å²) in [7, 11) is 0. The Balaban J connectivity index is 2.02. The Bertz CT molecular complexity index is 485. The van der Waals surface area contributed by atoms with Crippen molar-refractivity contribution in [2.45, 2.75) is 31.3 Å². The second-order valence-corrected chi connectivity index (χ2v) is 4.77. The van der Waals surface area contributed by atoms with Gasteiger partial charge in [-0.15, -0.1) is 0 Å². The molecular formula is C14H16N2O2. The Kier molecular flexibility index (Phi) is 3.63. The first kappa shape index (κ1) is 12.6. The van der Waals surface area contributed by atoms with Gasteiger partial charge < -0.3 is 10.4 Å². The monoisotopic (exact) mass is 244 g/mol. The summed E-state index contributed by atoms with van der Waals surface area (Å²) in [5, 5.41) is 21.8. The van der Waals surface area contributed by atoms with Crippen LogP contribution in [0.4, 0.5) is 0 Å². The largest absolute Gasteiger partial charge is 0.388 e. The van der Waals surface area contributed by atoms with Crippen molar-refractivity contribution in [3.63, 3.8) is 0 Å². The Labute approximate surface area is 106 Å². The lowest BCUT2D eigenvalue weighted by molar-refractivity contribution is 0.0449. The van der Waals surface area contributed by atoms with Gasteiger partial charge in [0.1, 0.15) is 0 Å². The Morgan fingerprint density at radius 3 is 2.72 bits per heavy atom. The summed E-state index contributed by atoms with van der Waals surface area (Å²) in [4.78, 5) is 11.9. The summed E-state index contributed by atoms with van der Waals surface area (Å²) in [5.41, 5.74) is -0.0490. The van der Waals surface area contributed by atoms with E-state index in [0.29, 0.717) is 11.1 Å². The van der Waals surface area contributed by atoms with Gasteiger partial charge in [0.2, 0.25) is 0 Å². The molecule has 0 unspecified atom stereocenters. The number of carbonyl (C=O) groups is 1. The predicted octanol–water partition coefficient (Wildman–Crippen LogP) is 1.59. The zero-order valence-corrected chi connectivity index (χ0v) is 10.1.